The average molecular weight is 568 g/mol. The van der Waals surface area contributed by atoms with Gasteiger partial charge in [-0.15, -0.1) is 0 Å². The lowest BCUT2D eigenvalue weighted by atomic mass is 10.2. The molecule has 184 valence electrons. The van der Waals surface area contributed by atoms with Gasteiger partial charge in [0, 0.05) is 17.2 Å². The highest BCUT2D eigenvalue weighted by molar-refractivity contribution is 6.42. The van der Waals surface area contributed by atoms with Crippen molar-refractivity contribution in [2.45, 2.75) is 6.61 Å². The molecular weight excluding hydrogens is 554 g/mol. The molecule has 4 aromatic rings. The van der Waals surface area contributed by atoms with Crippen molar-refractivity contribution >= 4 is 63.7 Å². The number of amides is 1. The molecule has 1 N–H and O–H groups in total. The van der Waals surface area contributed by atoms with Crippen LogP contribution >= 0.6 is 46.4 Å². The van der Waals surface area contributed by atoms with E-state index in [9.17, 15) is 14.9 Å². The molecule has 0 aliphatic rings. The van der Waals surface area contributed by atoms with Crippen molar-refractivity contribution in [3.05, 3.63) is 108 Å². The number of carbonyl (C=O) groups excluding carboxylic acids is 1. The molecule has 1 amide bonds. The second-order valence-electron chi connectivity index (χ2n) is 7.21. The van der Waals surface area contributed by atoms with Gasteiger partial charge >= 0.3 is 0 Å². The third kappa shape index (κ3) is 6.22. The Bertz CT molecular complexity index is 1460. The minimum absolute atomic E-state index is 0.00993. The van der Waals surface area contributed by atoms with Crippen LogP contribution in [0.15, 0.2) is 71.1 Å². The Kier molecular flexibility index (Phi) is 7.91. The number of furan rings is 1. The number of nitro benzene ring substituents is 1. The normalized spacial score (nSPS) is 10.7. The number of rotatable bonds is 8. The number of anilines is 1. The maximum Gasteiger partial charge on any atom is 0.291 e. The van der Waals surface area contributed by atoms with Crippen LogP contribution in [0.4, 0.5) is 11.4 Å². The zero-order valence-electron chi connectivity index (χ0n) is 18.0. The monoisotopic (exact) mass is 566 g/mol. The lowest BCUT2D eigenvalue weighted by molar-refractivity contribution is -0.384. The first-order chi connectivity index (χ1) is 17.2. The van der Waals surface area contributed by atoms with Gasteiger partial charge in [-0.2, -0.15) is 0 Å². The third-order valence-corrected chi connectivity index (χ3v) is 5.99. The van der Waals surface area contributed by atoms with Crippen molar-refractivity contribution in [2.24, 2.45) is 0 Å². The molecule has 0 aliphatic heterocycles. The summed E-state index contributed by atoms with van der Waals surface area (Å²) in [6.45, 7) is -0.00993. The fraction of sp³-hybridized carbons (Fsp3) is 0.0417. The first-order valence-corrected chi connectivity index (χ1v) is 11.6. The number of hydrogen-bond donors (Lipinski definition) is 1. The quantitative estimate of drug-likeness (QED) is 0.169. The van der Waals surface area contributed by atoms with E-state index in [0.29, 0.717) is 21.6 Å². The largest absolute Gasteiger partial charge is 0.484 e. The molecule has 0 unspecified atom stereocenters. The zero-order valence-corrected chi connectivity index (χ0v) is 21.0. The topological polar surface area (TPSA) is 104 Å². The van der Waals surface area contributed by atoms with E-state index in [2.05, 4.69) is 5.32 Å². The fourth-order valence-electron chi connectivity index (χ4n) is 3.02. The molecule has 3 aromatic carbocycles. The number of ether oxygens (including phenoxy) is 2. The van der Waals surface area contributed by atoms with Gasteiger partial charge in [-0.25, -0.2) is 0 Å². The Hall–Kier alpha value is -3.43. The fourth-order valence-corrected chi connectivity index (χ4v) is 3.81. The van der Waals surface area contributed by atoms with Crippen molar-refractivity contribution < 1.29 is 23.6 Å². The number of benzene rings is 3. The summed E-state index contributed by atoms with van der Waals surface area (Å²) in [5.41, 5.74) is -0.200. The molecule has 0 saturated carbocycles. The van der Waals surface area contributed by atoms with E-state index in [0.717, 1.165) is 0 Å². The van der Waals surface area contributed by atoms with Crippen LogP contribution in [-0.4, -0.2) is 10.8 Å². The van der Waals surface area contributed by atoms with Crippen LogP contribution in [0.2, 0.25) is 20.1 Å². The second-order valence-corrected chi connectivity index (χ2v) is 8.84. The van der Waals surface area contributed by atoms with Crippen LogP contribution in [0.5, 0.6) is 17.2 Å². The molecule has 0 saturated heterocycles. The van der Waals surface area contributed by atoms with Gasteiger partial charge in [0.05, 0.1) is 26.7 Å². The van der Waals surface area contributed by atoms with Gasteiger partial charge in [-0.05, 0) is 42.5 Å². The molecule has 1 heterocycles. The highest BCUT2D eigenvalue weighted by Gasteiger charge is 2.17. The summed E-state index contributed by atoms with van der Waals surface area (Å²) in [6, 6.07) is 16.3. The average Bonchev–Trinajstić information content (AvgIpc) is 3.31. The van der Waals surface area contributed by atoms with Crippen molar-refractivity contribution in [1.29, 1.82) is 0 Å². The minimum Gasteiger partial charge on any atom is -0.484 e. The Balaban J connectivity index is 1.48. The first-order valence-electron chi connectivity index (χ1n) is 10.1. The van der Waals surface area contributed by atoms with Crippen molar-refractivity contribution in [1.82, 2.24) is 0 Å². The molecule has 4 rings (SSSR count). The molecule has 0 radical (unpaired) electrons. The summed E-state index contributed by atoms with van der Waals surface area (Å²) >= 11 is 24.1. The lowest BCUT2D eigenvalue weighted by Crippen LogP contribution is -2.11. The number of halogens is 4. The summed E-state index contributed by atoms with van der Waals surface area (Å²) < 4.78 is 16.8. The number of hydrogen-bond acceptors (Lipinski definition) is 6. The van der Waals surface area contributed by atoms with E-state index in [1.807, 2.05) is 0 Å². The molecule has 1 aromatic heterocycles. The molecule has 12 heteroatoms. The number of non-ortho nitro benzene ring substituents is 1. The molecule has 8 nitrogen and oxygen atoms in total. The summed E-state index contributed by atoms with van der Waals surface area (Å²) in [5.74, 6) is 0.330. The molecule has 0 spiro atoms. The smallest absolute Gasteiger partial charge is 0.291 e. The predicted octanol–water partition coefficient (Wildman–Crippen LogP) is 8.43. The highest BCUT2D eigenvalue weighted by atomic mass is 35.5. The molecule has 0 aliphatic carbocycles. The van der Waals surface area contributed by atoms with Crippen molar-refractivity contribution in [3.63, 3.8) is 0 Å². The van der Waals surface area contributed by atoms with Gasteiger partial charge in [-0.3, -0.25) is 14.9 Å². The number of carbonyl (C=O) groups is 1. The maximum absolute atomic E-state index is 12.7. The summed E-state index contributed by atoms with van der Waals surface area (Å²) in [6.07, 6.45) is 0. The SMILES string of the molecule is O=C(Nc1cc(Oc2ccc(Cl)cc2Cl)cc([N+](=O)[O-])c1)c1ccc(COc2cccc(Cl)c2Cl)o1. The van der Waals surface area contributed by atoms with Crippen LogP contribution in [0.25, 0.3) is 0 Å². The van der Waals surface area contributed by atoms with E-state index in [1.54, 1.807) is 30.3 Å². The molecular formula is C24H14Cl4N2O6. The molecule has 36 heavy (non-hydrogen) atoms. The summed E-state index contributed by atoms with van der Waals surface area (Å²) in [5, 5.41) is 15.2. The number of nitro groups is 1. The standard InChI is InChI=1S/C24H14Cl4N2O6/c25-13-4-6-20(19(27)8-13)36-17-10-14(9-15(11-17)30(32)33)29-24(31)22-7-5-16(35-22)12-34-21-3-1-2-18(26)23(21)28/h1-11H,12H2,(H,29,31). The highest BCUT2D eigenvalue weighted by Crippen LogP contribution is 2.35. The van der Waals surface area contributed by atoms with Crippen LogP contribution in [0.1, 0.15) is 16.3 Å². The van der Waals surface area contributed by atoms with Gasteiger partial charge in [0.25, 0.3) is 11.6 Å². The zero-order chi connectivity index (χ0) is 25.8. The Labute approximate surface area is 224 Å². The van der Waals surface area contributed by atoms with Gasteiger partial charge in [0.15, 0.2) is 5.76 Å². The number of nitrogens with one attached hydrogen (secondary N) is 1. The first kappa shape index (κ1) is 25.7. The molecule has 0 atom stereocenters. The molecule has 0 fully saturated rings. The van der Waals surface area contributed by atoms with Gasteiger partial charge in [0.1, 0.15) is 34.6 Å². The number of nitrogens with zero attached hydrogens (tertiary/aromatic N) is 1. The second kappa shape index (κ2) is 11.1. The van der Waals surface area contributed by atoms with Crippen LogP contribution in [0, 0.1) is 10.1 Å². The summed E-state index contributed by atoms with van der Waals surface area (Å²) in [4.78, 5) is 23.5. The van der Waals surface area contributed by atoms with Crippen LogP contribution in [0.3, 0.4) is 0 Å². The molecule has 0 bridgehead atoms. The van der Waals surface area contributed by atoms with Gasteiger partial charge < -0.3 is 19.2 Å². The summed E-state index contributed by atoms with van der Waals surface area (Å²) in [7, 11) is 0. The Morgan fingerprint density at radius 1 is 0.944 bits per heavy atom. The van der Waals surface area contributed by atoms with Gasteiger partial charge in [0.2, 0.25) is 0 Å². The minimum atomic E-state index is -0.641. The third-order valence-electron chi connectivity index (χ3n) is 4.65. The van der Waals surface area contributed by atoms with Gasteiger partial charge in [-0.1, -0.05) is 52.5 Å². The van der Waals surface area contributed by atoms with Crippen molar-refractivity contribution in [2.75, 3.05) is 5.32 Å². The van der Waals surface area contributed by atoms with E-state index in [4.69, 9.17) is 60.3 Å². The van der Waals surface area contributed by atoms with E-state index in [1.165, 1.54) is 36.4 Å². The van der Waals surface area contributed by atoms with Crippen LogP contribution in [-0.2, 0) is 6.61 Å². The van der Waals surface area contributed by atoms with E-state index < -0.39 is 10.8 Å². The Morgan fingerprint density at radius 3 is 2.50 bits per heavy atom. The van der Waals surface area contributed by atoms with E-state index >= 15 is 0 Å². The lowest BCUT2D eigenvalue weighted by Gasteiger charge is -2.10. The van der Waals surface area contributed by atoms with Crippen LogP contribution < -0.4 is 14.8 Å². The maximum atomic E-state index is 12.7. The van der Waals surface area contributed by atoms with E-state index in [-0.39, 0.29) is 45.3 Å². The van der Waals surface area contributed by atoms with Crippen molar-refractivity contribution in [3.8, 4) is 17.2 Å². The Morgan fingerprint density at radius 2 is 1.75 bits per heavy atom. The predicted molar refractivity (Wildman–Crippen MR) is 137 cm³/mol.